The SMILES string of the molecule is COC(=N)C(=O)O. The molecular weight excluding hydrogens is 98.0 g/mol. The van der Waals surface area contributed by atoms with Crippen LogP contribution in [0, 0.1) is 5.41 Å². The van der Waals surface area contributed by atoms with Crippen LogP contribution in [0.15, 0.2) is 0 Å². The second-order valence-electron chi connectivity index (χ2n) is 0.838. The Bertz CT molecular complexity index is 98.4. The van der Waals surface area contributed by atoms with Gasteiger partial charge in [-0.05, 0) is 0 Å². The smallest absolute Gasteiger partial charge is 0.391 e. The first-order valence-electron chi connectivity index (χ1n) is 1.54. The van der Waals surface area contributed by atoms with E-state index in [2.05, 4.69) is 4.74 Å². The Hall–Kier alpha value is -1.06. The van der Waals surface area contributed by atoms with Crippen LogP contribution in [0.1, 0.15) is 0 Å². The zero-order valence-corrected chi connectivity index (χ0v) is 3.76. The van der Waals surface area contributed by atoms with Gasteiger partial charge in [0.25, 0.3) is 5.90 Å². The Morgan fingerprint density at radius 1 is 1.86 bits per heavy atom. The summed E-state index contributed by atoms with van der Waals surface area (Å²) in [5, 5.41) is 14.2. The van der Waals surface area contributed by atoms with E-state index in [-0.39, 0.29) is 0 Å². The molecule has 0 rings (SSSR count). The van der Waals surface area contributed by atoms with E-state index in [0.29, 0.717) is 0 Å². The average molecular weight is 103 g/mol. The third-order valence-corrected chi connectivity index (χ3v) is 0.398. The summed E-state index contributed by atoms with van der Waals surface area (Å²) < 4.78 is 4.00. The zero-order chi connectivity index (χ0) is 5.86. The molecule has 2 N–H and O–H groups in total. The van der Waals surface area contributed by atoms with E-state index < -0.39 is 11.9 Å². The maximum atomic E-state index is 9.58. The molecule has 0 fully saturated rings. The topological polar surface area (TPSA) is 70.4 Å². The van der Waals surface area contributed by atoms with Gasteiger partial charge in [0.05, 0.1) is 7.11 Å². The molecule has 0 saturated carbocycles. The highest BCUT2D eigenvalue weighted by Crippen LogP contribution is 1.69. The number of ether oxygens (including phenoxy) is 1. The number of carboxylic acids is 1. The van der Waals surface area contributed by atoms with Crippen LogP contribution in [0.3, 0.4) is 0 Å². The van der Waals surface area contributed by atoms with Crippen molar-refractivity contribution in [1.82, 2.24) is 0 Å². The predicted octanol–water partition coefficient (Wildman–Crippen LogP) is -0.305. The van der Waals surface area contributed by atoms with Gasteiger partial charge in [-0.25, -0.2) is 4.79 Å². The molecule has 0 aromatic rings. The first kappa shape index (κ1) is 5.94. The van der Waals surface area contributed by atoms with Crippen molar-refractivity contribution in [2.75, 3.05) is 7.11 Å². The molecule has 0 radical (unpaired) electrons. The third-order valence-electron chi connectivity index (χ3n) is 0.398. The maximum absolute atomic E-state index is 9.58. The number of carboxylic acid groups (broad SMARTS) is 1. The normalized spacial score (nSPS) is 7.57. The van der Waals surface area contributed by atoms with Crippen LogP contribution < -0.4 is 0 Å². The lowest BCUT2D eigenvalue weighted by molar-refractivity contribution is -0.130. The van der Waals surface area contributed by atoms with Crippen LogP contribution in [0.25, 0.3) is 0 Å². The van der Waals surface area contributed by atoms with Gasteiger partial charge in [0.2, 0.25) is 0 Å². The molecule has 0 bridgehead atoms. The van der Waals surface area contributed by atoms with Gasteiger partial charge < -0.3 is 9.84 Å². The largest absolute Gasteiger partial charge is 0.476 e. The lowest BCUT2D eigenvalue weighted by Crippen LogP contribution is -2.12. The van der Waals surface area contributed by atoms with E-state index >= 15 is 0 Å². The summed E-state index contributed by atoms with van der Waals surface area (Å²) in [7, 11) is 1.14. The van der Waals surface area contributed by atoms with Gasteiger partial charge >= 0.3 is 5.97 Å². The molecule has 0 saturated heterocycles. The number of aliphatic carboxylic acids is 1. The minimum Gasteiger partial charge on any atom is -0.476 e. The van der Waals surface area contributed by atoms with E-state index in [1.54, 1.807) is 0 Å². The van der Waals surface area contributed by atoms with Crippen molar-refractivity contribution in [1.29, 1.82) is 5.41 Å². The lowest BCUT2D eigenvalue weighted by Gasteiger charge is -1.89. The van der Waals surface area contributed by atoms with Crippen molar-refractivity contribution in [3.8, 4) is 0 Å². The molecule has 7 heavy (non-hydrogen) atoms. The molecule has 0 amide bonds. The molecule has 0 aliphatic heterocycles. The quantitative estimate of drug-likeness (QED) is 0.326. The highest BCUT2D eigenvalue weighted by Gasteiger charge is 2.02. The number of rotatable bonds is 0. The molecule has 0 aliphatic rings. The van der Waals surface area contributed by atoms with E-state index in [9.17, 15) is 4.79 Å². The highest BCUT2D eigenvalue weighted by atomic mass is 16.5. The number of hydrogen-bond acceptors (Lipinski definition) is 3. The van der Waals surface area contributed by atoms with Crippen LogP contribution >= 0.6 is 0 Å². The fourth-order valence-electron chi connectivity index (χ4n) is 0.0873. The van der Waals surface area contributed by atoms with E-state index in [1.165, 1.54) is 0 Å². The van der Waals surface area contributed by atoms with Crippen molar-refractivity contribution in [3.63, 3.8) is 0 Å². The van der Waals surface area contributed by atoms with Gasteiger partial charge in [-0.15, -0.1) is 0 Å². The summed E-state index contributed by atoms with van der Waals surface area (Å²) in [6, 6.07) is 0. The molecule has 0 atom stereocenters. The molecule has 0 unspecified atom stereocenters. The second kappa shape index (κ2) is 2.17. The van der Waals surface area contributed by atoms with E-state index in [0.717, 1.165) is 7.11 Å². The number of nitrogens with one attached hydrogen (secondary N) is 1. The molecule has 0 spiro atoms. The van der Waals surface area contributed by atoms with Gasteiger partial charge in [0.1, 0.15) is 0 Å². The molecule has 0 aliphatic carbocycles. The van der Waals surface area contributed by atoms with Crippen LogP contribution in [0.2, 0.25) is 0 Å². The summed E-state index contributed by atoms with van der Waals surface area (Å²) in [5.74, 6) is -2.08. The van der Waals surface area contributed by atoms with Crippen LogP contribution in [-0.4, -0.2) is 24.1 Å². The highest BCUT2D eigenvalue weighted by molar-refractivity contribution is 6.30. The maximum Gasteiger partial charge on any atom is 0.391 e. The number of hydrogen-bond donors (Lipinski definition) is 2. The second-order valence-corrected chi connectivity index (χ2v) is 0.838. The number of methoxy groups -OCH3 is 1. The molecule has 40 valence electrons. The van der Waals surface area contributed by atoms with Crippen LogP contribution in [0.5, 0.6) is 0 Å². The van der Waals surface area contributed by atoms with E-state index in [4.69, 9.17) is 10.5 Å². The molecule has 4 nitrogen and oxygen atoms in total. The minimum absolute atomic E-state index is 0.736. The van der Waals surface area contributed by atoms with Gasteiger partial charge in [-0.2, -0.15) is 0 Å². The lowest BCUT2D eigenvalue weighted by atomic mass is 10.7. The molecule has 4 heteroatoms. The minimum atomic E-state index is -1.34. The Balaban J connectivity index is 3.58. The monoisotopic (exact) mass is 103 g/mol. The molecule has 0 heterocycles. The van der Waals surface area contributed by atoms with Crippen LogP contribution in [0.4, 0.5) is 0 Å². The van der Waals surface area contributed by atoms with Gasteiger partial charge in [-0.1, -0.05) is 0 Å². The van der Waals surface area contributed by atoms with Crippen molar-refractivity contribution in [2.24, 2.45) is 0 Å². The average Bonchev–Trinajstić information content (AvgIpc) is 1.65. The summed E-state index contributed by atoms with van der Waals surface area (Å²) in [4.78, 5) is 9.58. The predicted molar refractivity (Wildman–Crippen MR) is 22.4 cm³/mol. The third kappa shape index (κ3) is 1.75. The Morgan fingerprint density at radius 3 is 2.29 bits per heavy atom. The summed E-state index contributed by atoms with van der Waals surface area (Å²) >= 11 is 0. The molecule has 0 aromatic heterocycles. The van der Waals surface area contributed by atoms with E-state index in [1.807, 2.05) is 0 Å². The van der Waals surface area contributed by atoms with Gasteiger partial charge in [0, 0.05) is 0 Å². The van der Waals surface area contributed by atoms with Crippen molar-refractivity contribution >= 4 is 11.9 Å². The Morgan fingerprint density at radius 2 is 2.29 bits per heavy atom. The zero-order valence-electron chi connectivity index (χ0n) is 3.76. The van der Waals surface area contributed by atoms with Crippen molar-refractivity contribution in [3.05, 3.63) is 0 Å². The fourth-order valence-corrected chi connectivity index (χ4v) is 0.0873. The summed E-state index contributed by atoms with van der Waals surface area (Å²) in [5.41, 5.74) is 0. The Labute approximate surface area is 40.2 Å². The summed E-state index contributed by atoms with van der Waals surface area (Å²) in [6.07, 6.45) is 0. The molecular formula is C3H5NO3. The van der Waals surface area contributed by atoms with Gasteiger partial charge in [0.15, 0.2) is 0 Å². The van der Waals surface area contributed by atoms with Gasteiger partial charge in [-0.3, -0.25) is 5.41 Å². The fraction of sp³-hybridized carbons (Fsp3) is 0.333. The van der Waals surface area contributed by atoms with Crippen molar-refractivity contribution < 1.29 is 14.6 Å². The number of carbonyl (C=O) groups is 1. The first-order chi connectivity index (χ1) is 3.18. The standard InChI is InChI=1S/C3H5NO3/c1-7-2(4)3(5)6/h4H,1H3,(H,5,6). The Kier molecular flexibility index (Phi) is 1.84. The van der Waals surface area contributed by atoms with Crippen molar-refractivity contribution in [2.45, 2.75) is 0 Å². The van der Waals surface area contributed by atoms with Crippen LogP contribution in [-0.2, 0) is 9.53 Å². The first-order valence-corrected chi connectivity index (χ1v) is 1.54. The molecule has 0 aromatic carbocycles. The summed E-state index contributed by atoms with van der Waals surface area (Å²) in [6.45, 7) is 0.